The summed E-state index contributed by atoms with van der Waals surface area (Å²) in [6.45, 7) is 0. The standard InChI is InChI=1S/C12H16N2O6/c1-13-8-4-3-7(5-9(8)14(18)19)12(17)10(15)6-11(16)20-2/h3-5,10,12-13,15,17H,6H2,1-2H3. The van der Waals surface area contributed by atoms with Crippen LogP contribution in [0.1, 0.15) is 18.1 Å². The van der Waals surface area contributed by atoms with Gasteiger partial charge in [-0.15, -0.1) is 0 Å². The van der Waals surface area contributed by atoms with Gasteiger partial charge in [-0.25, -0.2) is 0 Å². The van der Waals surface area contributed by atoms with Crippen LogP contribution in [0.15, 0.2) is 18.2 Å². The fourth-order valence-corrected chi connectivity index (χ4v) is 1.68. The van der Waals surface area contributed by atoms with Crippen molar-refractivity contribution in [2.75, 3.05) is 19.5 Å². The minimum absolute atomic E-state index is 0.145. The summed E-state index contributed by atoms with van der Waals surface area (Å²) < 4.78 is 4.38. The van der Waals surface area contributed by atoms with E-state index < -0.39 is 29.5 Å². The highest BCUT2D eigenvalue weighted by molar-refractivity contribution is 5.70. The van der Waals surface area contributed by atoms with Gasteiger partial charge >= 0.3 is 5.97 Å². The van der Waals surface area contributed by atoms with Gasteiger partial charge in [0.15, 0.2) is 0 Å². The van der Waals surface area contributed by atoms with E-state index in [4.69, 9.17) is 0 Å². The Balaban J connectivity index is 2.98. The lowest BCUT2D eigenvalue weighted by Crippen LogP contribution is -2.22. The Morgan fingerprint density at radius 2 is 2.15 bits per heavy atom. The van der Waals surface area contributed by atoms with E-state index in [2.05, 4.69) is 10.1 Å². The summed E-state index contributed by atoms with van der Waals surface area (Å²) in [6.07, 6.45) is -3.22. The predicted molar refractivity (Wildman–Crippen MR) is 70.2 cm³/mol. The first-order valence-electron chi connectivity index (χ1n) is 5.79. The lowest BCUT2D eigenvalue weighted by Gasteiger charge is -2.17. The van der Waals surface area contributed by atoms with Gasteiger partial charge in [0.1, 0.15) is 11.8 Å². The molecule has 2 atom stereocenters. The van der Waals surface area contributed by atoms with Crippen LogP contribution >= 0.6 is 0 Å². The van der Waals surface area contributed by atoms with Crippen LogP contribution in [0.5, 0.6) is 0 Å². The van der Waals surface area contributed by atoms with Crippen LogP contribution in [-0.2, 0) is 9.53 Å². The number of nitro groups is 1. The first-order chi connectivity index (χ1) is 9.40. The van der Waals surface area contributed by atoms with Gasteiger partial charge in [-0.05, 0) is 11.6 Å². The highest BCUT2D eigenvalue weighted by Gasteiger charge is 2.24. The number of aliphatic hydroxyl groups is 2. The smallest absolute Gasteiger partial charge is 0.308 e. The van der Waals surface area contributed by atoms with E-state index in [1.807, 2.05) is 0 Å². The predicted octanol–water partition coefficient (Wildman–Crippen LogP) is 0.594. The Labute approximate surface area is 115 Å². The molecule has 1 aromatic rings. The number of rotatable bonds is 6. The third kappa shape index (κ3) is 3.65. The van der Waals surface area contributed by atoms with Gasteiger partial charge < -0.3 is 20.3 Å². The molecule has 0 spiro atoms. The Hall–Kier alpha value is -2.19. The van der Waals surface area contributed by atoms with Gasteiger partial charge in [0, 0.05) is 13.1 Å². The number of carbonyl (C=O) groups is 1. The maximum Gasteiger partial charge on any atom is 0.308 e. The normalized spacial score (nSPS) is 13.4. The molecule has 0 fully saturated rings. The second kappa shape index (κ2) is 6.83. The molecule has 20 heavy (non-hydrogen) atoms. The van der Waals surface area contributed by atoms with Crippen molar-refractivity contribution in [3.8, 4) is 0 Å². The zero-order valence-corrected chi connectivity index (χ0v) is 11.1. The number of nitrogens with zero attached hydrogens (tertiary/aromatic N) is 1. The zero-order valence-electron chi connectivity index (χ0n) is 11.1. The summed E-state index contributed by atoms with van der Waals surface area (Å²) in [5, 5.41) is 33.1. The summed E-state index contributed by atoms with van der Waals surface area (Å²) in [5.41, 5.74) is 0.204. The quantitative estimate of drug-likeness (QED) is 0.397. The molecule has 8 nitrogen and oxygen atoms in total. The van der Waals surface area contributed by atoms with Gasteiger partial charge in [-0.3, -0.25) is 14.9 Å². The topological polar surface area (TPSA) is 122 Å². The first kappa shape index (κ1) is 15.9. The van der Waals surface area contributed by atoms with Crippen LogP contribution in [0.2, 0.25) is 0 Å². The Kier molecular flexibility index (Phi) is 5.42. The van der Waals surface area contributed by atoms with Gasteiger partial charge in [-0.2, -0.15) is 0 Å². The zero-order chi connectivity index (χ0) is 15.3. The van der Waals surface area contributed by atoms with Gasteiger partial charge in [0.2, 0.25) is 0 Å². The SMILES string of the molecule is CNc1ccc(C(O)C(O)CC(=O)OC)cc1[N+](=O)[O-]. The van der Waals surface area contributed by atoms with E-state index >= 15 is 0 Å². The molecule has 1 aromatic carbocycles. The molecule has 0 radical (unpaired) electrons. The Bertz CT molecular complexity index is 505. The van der Waals surface area contributed by atoms with Crippen LogP contribution in [0, 0.1) is 10.1 Å². The number of methoxy groups -OCH3 is 1. The number of carbonyl (C=O) groups excluding carboxylic acids is 1. The van der Waals surface area contributed by atoms with E-state index in [9.17, 15) is 25.1 Å². The second-order valence-corrected chi connectivity index (χ2v) is 4.08. The van der Waals surface area contributed by atoms with Gasteiger partial charge in [0.05, 0.1) is 24.6 Å². The first-order valence-corrected chi connectivity index (χ1v) is 5.79. The molecule has 8 heteroatoms. The molecule has 0 aliphatic carbocycles. The fraction of sp³-hybridized carbons (Fsp3) is 0.417. The Morgan fingerprint density at radius 1 is 1.50 bits per heavy atom. The number of nitrogens with one attached hydrogen (secondary N) is 1. The molecule has 0 aromatic heterocycles. The molecule has 110 valence electrons. The average molecular weight is 284 g/mol. The fourth-order valence-electron chi connectivity index (χ4n) is 1.68. The van der Waals surface area contributed by atoms with Crippen molar-refractivity contribution in [1.82, 2.24) is 0 Å². The van der Waals surface area contributed by atoms with Crippen molar-refractivity contribution in [3.05, 3.63) is 33.9 Å². The minimum Gasteiger partial charge on any atom is -0.469 e. The summed E-state index contributed by atoms with van der Waals surface area (Å²) >= 11 is 0. The number of anilines is 1. The molecule has 0 bridgehead atoms. The highest BCUT2D eigenvalue weighted by Crippen LogP contribution is 2.29. The van der Waals surface area contributed by atoms with Crippen LogP contribution in [0.3, 0.4) is 0 Å². The van der Waals surface area contributed by atoms with Gasteiger partial charge in [0.25, 0.3) is 5.69 Å². The molecule has 0 amide bonds. The molecular formula is C12H16N2O6. The maximum atomic E-state index is 11.0. The van der Waals surface area contributed by atoms with Crippen molar-refractivity contribution in [3.63, 3.8) is 0 Å². The molecule has 3 N–H and O–H groups in total. The van der Waals surface area contributed by atoms with Crippen LogP contribution in [-0.4, -0.2) is 41.4 Å². The van der Waals surface area contributed by atoms with E-state index in [-0.39, 0.29) is 16.9 Å². The Morgan fingerprint density at radius 3 is 2.65 bits per heavy atom. The number of hydrogen-bond acceptors (Lipinski definition) is 7. The minimum atomic E-state index is -1.42. The van der Waals surface area contributed by atoms with Crippen molar-refractivity contribution in [2.45, 2.75) is 18.6 Å². The molecule has 1 rings (SSSR count). The van der Waals surface area contributed by atoms with Gasteiger partial charge in [-0.1, -0.05) is 6.07 Å². The van der Waals surface area contributed by atoms with E-state index in [0.717, 1.165) is 13.2 Å². The lowest BCUT2D eigenvalue weighted by atomic mass is 10.0. The number of aliphatic hydroxyl groups excluding tert-OH is 2. The van der Waals surface area contributed by atoms with Crippen molar-refractivity contribution in [2.24, 2.45) is 0 Å². The summed E-state index contributed by atoms with van der Waals surface area (Å²) in [4.78, 5) is 21.3. The summed E-state index contributed by atoms with van der Waals surface area (Å²) in [5.74, 6) is -0.683. The van der Waals surface area contributed by atoms with E-state index in [1.165, 1.54) is 19.2 Å². The van der Waals surface area contributed by atoms with Crippen LogP contribution in [0.25, 0.3) is 0 Å². The summed E-state index contributed by atoms with van der Waals surface area (Å²) in [6, 6.07) is 4.00. The maximum absolute atomic E-state index is 11.0. The largest absolute Gasteiger partial charge is 0.469 e. The molecule has 0 heterocycles. The van der Waals surface area contributed by atoms with Crippen molar-refractivity contribution >= 4 is 17.3 Å². The molecule has 0 aliphatic rings. The lowest BCUT2D eigenvalue weighted by molar-refractivity contribution is -0.384. The second-order valence-electron chi connectivity index (χ2n) is 4.08. The van der Waals surface area contributed by atoms with Crippen molar-refractivity contribution < 1.29 is 24.7 Å². The summed E-state index contributed by atoms with van der Waals surface area (Å²) in [7, 11) is 2.69. The third-order valence-electron chi connectivity index (χ3n) is 2.80. The molecule has 0 aliphatic heterocycles. The number of esters is 1. The average Bonchev–Trinajstić information content (AvgIpc) is 2.45. The third-order valence-corrected chi connectivity index (χ3v) is 2.80. The highest BCUT2D eigenvalue weighted by atomic mass is 16.6. The van der Waals surface area contributed by atoms with Crippen molar-refractivity contribution in [1.29, 1.82) is 0 Å². The van der Waals surface area contributed by atoms with Crippen LogP contribution < -0.4 is 5.32 Å². The molecule has 0 saturated carbocycles. The molecule has 2 unspecified atom stereocenters. The number of benzene rings is 1. The number of nitro benzene ring substituents is 1. The van der Waals surface area contributed by atoms with E-state index in [0.29, 0.717) is 0 Å². The number of ether oxygens (including phenoxy) is 1. The van der Waals surface area contributed by atoms with Crippen LogP contribution in [0.4, 0.5) is 11.4 Å². The monoisotopic (exact) mass is 284 g/mol. The molecule has 0 saturated heterocycles. The number of hydrogen-bond donors (Lipinski definition) is 3. The molecular weight excluding hydrogens is 268 g/mol. The van der Waals surface area contributed by atoms with E-state index in [1.54, 1.807) is 0 Å².